The second-order valence-electron chi connectivity index (χ2n) is 5.34. The van der Waals surface area contributed by atoms with Crippen molar-refractivity contribution >= 4 is 5.69 Å². The lowest BCUT2D eigenvalue weighted by Gasteiger charge is -2.31. The Hall–Kier alpha value is -1.02. The lowest BCUT2D eigenvalue weighted by Crippen LogP contribution is -2.31. The largest absolute Gasteiger partial charge is 0.371 e. The van der Waals surface area contributed by atoms with Gasteiger partial charge in [0.25, 0.3) is 0 Å². The molecule has 0 radical (unpaired) electrons. The number of benzene rings is 1. The van der Waals surface area contributed by atoms with Crippen molar-refractivity contribution in [1.82, 2.24) is 0 Å². The van der Waals surface area contributed by atoms with Gasteiger partial charge in [-0.15, -0.1) is 0 Å². The fourth-order valence-electron chi connectivity index (χ4n) is 2.64. The van der Waals surface area contributed by atoms with Crippen molar-refractivity contribution in [2.45, 2.75) is 45.6 Å². The van der Waals surface area contributed by atoms with Crippen LogP contribution in [0.3, 0.4) is 0 Å². The SMILES string of the molecule is Cc1ccc2c(c1)CCCN2CCCC(C)N. The quantitative estimate of drug-likeness (QED) is 0.865. The van der Waals surface area contributed by atoms with Crippen LogP contribution in [0.15, 0.2) is 18.2 Å². The summed E-state index contributed by atoms with van der Waals surface area (Å²) in [5, 5.41) is 0. The minimum absolute atomic E-state index is 0.331. The zero-order chi connectivity index (χ0) is 12.3. The Labute approximate surface area is 105 Å². The predicted molar refractivity (Wildman–Crippen MR) is 74.6 cm³/mol. The fraction of sp³-hybridized carbons (Fsp3) is 0.600. The van der Waals surface area contributed by atoms with Crippen LogP contribution in [0.5, 0.6) is 0 Å². The standard InChI is InChI=1S/C15H24N2/c1-12-7-8-15-14(11-12)6-4-10-17(15)9-3-5-13(2)16/h7-8,11,13H,3-6,9-10,16H2,1-2H3. The topological polar surface area (TPSA) is 29.3 Å². The Balaban J connectivity index is 2.02. The highest BCUT2D eigenvalue weighted by atomic mass is 15.1. The molecule has 17 heavy (non-hydrogen) atoms. The molecule has 0 amide bonds. The zero-order valence-corrected chi connectivity index (χ0v) is 11.1. The second-order valence-corrected chi connectivity index (χ2v) is 5.34. The van der Waals surface area contributed by atoms with Crippen LogP contribution in [0.25, 0.3) is 0 Å². The molecule has 0 bridgehead atoms. The number of rotatable bonds is 4. The van der Waals surface area contributed by atoms with Crippen LogP contribution in [-0.2, 0) is 6.42 Å². The second kappa shape index (κ2) is 5.54. The number of nitrogens with zero attached hydrogens (tertiary/aromatic N) is 1. The molecule has 1 aliphatic rings. The lowest BCUT2D eigenvalue weighted by atomic mass is 9.99. The molecule has 2 nitrogen and oxygen atoms in total. The number of nitrogens with two attached hydrogens (primary N) is 1. The molecule has 2 heteroatoms. The summed E-state index contributed by atoms with van der Waals surface area (Å²) in [6, 6.07) is 7.18. The molecule has 0 spiro atoms. The van der Waals surface area contributed by atoms with Gasteiger partial charge in [0.05, 0.1) is 0 Å². The number of aryl methyl sites for hydroxylation is 2. The first-order valence-corrected chi connectivity index (χ1v) is 6.77. The number of hydrogen-bond donors (Lipinski definition) is 1. The van der Waals surface area contributed by atoms with Gasteiger partial charge in [-0.25, -0.2) is 0 Å². The van der Waals surface area contributed by atoms with Crippen molar-refractivity contribution in [3.8, 4) is 0 Å². The summed E-state index contributed by atoms with van der Waals surface area (Å²) < 4.78 is 0. The van der Waals surface area contributed by atoms with E-state index < -0.39 is 0 Å². The summed E-state index contributed by atoms with van der Waals surface area (Å²) >= 11 is 0. The Morgan fingerprint density at radius 3 is 3.00 bits per heavy atom. The van der Waals surface area contributed by atoms with Crippen molar-refractivity contribution in [1.29, 1.82) is 0 Å². The maximum Gasteiger partial charge on any atom is 0.0398 e. The highest BCUT2D eigenvalue weighted by Gasteiger charge is 2.16. The normalized spacial score (nSPS) is 16.8. The first kappa shape index (κ1) is 12.4. The molecular formula is C15H24N2. The van der Waals surface area contributed by atoms with E-state index in [-0.39, 0.29) is 0 Å². The Bertz CT molecular complexity index is 371. The maximum absolute atomic E-state index is 5.80. The monoisotopic (exact) mass is 232 g/mol. The van der Waals surface area contributed by atoms with Crippen LogP contribution in [0.2, 0.25) is 0 Å². The summed E-state index contributed by atoms with van der Waals surface area (Å²) in [7, 11) is 0. The van der Waals surface area contributed by atoms with E-state index in [1.807, 2.05) is 0 Å². The van der Waals surface area contributed by atoms with Crippen LogP contribution in [0.4, 0.5) is 5.69 Å². The smallest absolute Gasteiger partial charge is 0.0398 e. The van der Waals surface area contributed by atoms with E-state index in [1.54, 1.807) is 0 Å². The van der Waals surface area contributed by atoms with Gasteiger partial charge in [0.2, 0.25) is 0 Å². The van der Waals surface area contributed by atoms with Crippen molar-refractivity contribution < 1.29 is 0 Å². The predicted octanol–water partition coefficient (Wildman–Crippen LogP) is 2.88. The fourth-order valence-corrected chi connectivity index (χ4v) is 2.64. The van der Waals surface area contributed by atoms with Gasteiger partial charge >= 0.3 is 0 Å². The van der Waals surface area contributed by atoms with Crippen molar-refractivity contribution in [2.75, 3.05) is 18.0 Å². The van der Waals surface area contributed by atoms with E-state index in [0.29, 0.717) is 6.04 Å². The molecule has 0 saturated heterocycles. The lowest BCUT2D eigenvalue weighted by molar-refractivity contribution is 0.594. The number of hydrogen-bond acceptors (Lipinski definition) is 2. The van der Waals surface area contributed by atoms with Crippen molar-refractivity contribution in [3.63, 3.8) is 0 Å². The third kappa shape index (κ3) is 3.22. The minimum atomic E-state index is 0.331. The number of anilines is 1. The summed E-state index contributed by atoms with van der Waals surface area (Å²) in [5.41, 5.74) is 10.2. The van der Waals surface area contributed by atoms with Crippen LogP contribution in [-0.4, -0.2) is 19.1 Å². The molecule has 0 saturated carbocycles. The third-order valence-electron chi connectivity index (χ3n) is 3.54. The molecule has 0 aliphatic carbocycles. The van der Waals surface area contributed by atoms with Gasteiger partial charge in [-0.1, -0.05) is 17.7 Å². The van der Waals surface area contributed by atoms with E-state index in [1.165, 1.54) is 42.6 Å². The van der Waals surface area contributed by atoms with E-state index >= 15 is 0 Å². The Morgan fingerprint density at radius 1 is 1.41 bits per heavy atom. The maximum atomic E-state index is 5.80. The molecule has 2 N–H and O–H groups in total. The van der Waals surface area contributed by atoms with Crippen LogP contribution < -0.4 is 10.6 Å². The molecule has 1 unspecified atom stereocenters. The third-order valence-corrected chi connectivity index (χ3v) is 3.54. The van der Waals surface area contributed by atoms with Crippen LogP contribution in [0, 0.1) is 6.92 Å². The van der Waals surface area contributed by atoms with Crippen LogP contribution in [0.1, 0.15) is 37.3 Å². The Morgan fingerprint density at radius 2 is 2.24 bits per heavy atom. The van der Waals surface area contributed by atoms with Gasteiger partial charge in [0, 0.05) is 24.8 Å². The van der Waals surface area contributed by atoms with E-state index in [4.69, 9.17) is 5.73 Å². The Kier molecular flexibility index (Phi) is 4.06. The average molecular weight is 232 g/mol. The van der Waals surface area contributed by atoms with Gasteiger partial charge in [-0.05, 0) is 51.2 Å². The summed E-state index contributed by atoms with van der Waals surface area (Å²) in [4.78, 5) is 2.53. The van der Waals surface area contributed by atoms with Gasteiger partial charge < -0.3 is 10.6 Å². The number of fused-ring (bicyclic) bond motifs is 1. The molecule has 0 fully saturated rings. The van der Waals surface area contributed by atoms with Gasteiger partial charge in [0.15, 0.2) is 0 Å². The van der Waals surface area contributed by atoms with E-state index in [9.17, 15) is 0 Å². The van der Waals surface area contributed by atoms with Crippen LogP contribution >= 0.6 is 0 Å². The average Bonchev–Trinajstić information content (AvgIpc) is 2.28. The van der Waals surface area contributed by atoms with E-state index in [2.05, 4.69) is 36.9 Å². The van der Waals surface area contributed by atoms with Gasteiger partial charge in [-0.2, -0.15) is 0 Å². The van der Waals surface area contributed by atoms with E-state index in [0.717, 1.165) is 13.0 Å². The highest BCUT2D eigenvalue weighted by molar-refractivity contribution is 5.56. The molecule has 1 aromatic carbocycles. The first-order chi connectivity index (χ1) is 8.16. The van der Waals surface area contributed by atoms with Crippen molar-refractivity contribution in [2.24, 2.45) is 5.73 Å². The van der Waals surface area contributed by atoms with Gasteiger partial charge in [0.1, 0.15) is 0 Å². The van der Waals surface area contributed by atoms with Crippen molar-refractivity contribution in [3.05, 3.63) is 29.3 Å². The highest BCUT2D eigenvalue weighted by Crippen LogP contribution is 2.28. The molecular weight excluding hydrogens is 208 g/mol. The molecule has 2 rings (SSSR count). The zero-order valence-electron chi connectivity index (χ0n) is 11.1. The minimum Gasteiger partial charge on any atom is -0.371 e. The molecule has 1 aromatic rings. The summed E-state index contributed by atoms with van der Waals surface area (Å²) in [6.45, 7) is 6.62. The first-order valence-electron chi connectivity index (χ1n) is 6.77. The summed E-state index contributed by atoms with van der Waals surface area (Å²) in [6.07, 6.45) is 4.85. The molecule has 1 atom stereocenters. The summed E-state index contributed by atoms with van der Waals surface area (Å²) in [5.74, 6) is 0. The van der Waals surface area contributed by atoms with Gasteiger partial charge in [-0.3, -0.25) is 0 Å². The molecule has 1 heterocycles. The molecule has 1 aliphatic heterocycles. The molecule has 94 valence electrons. The molecule has 0 aromatic heterocycles.